The van der Waals surface area contributed by atoms with E-state index in [1.807, 2.05) is 17.2 Å². The molecule has 0 aliphatic carbocycles. The van der Waals surface area contributed by atoms with Gasteiger partial charge in [-0.2, -0.15) is 0 Å². The number of aromatic nitrogens is 1. The number of piperazine rings is 1. The van der Waals surface area contributed by atoms with Crippen molar-refractivity contribution in [3.63, 3.8) is 0 Å². The summed E-state index contributed by atoms with van der Waals surface area (Å²) < 4.78 is 25.5. The van der Waals surface area contributed by atoms with Gasteiger partial charge in [0.15, 0.2) is 0 Å². The van der Waals surface area contributed by atoms with Crippen molar-refractivity contribution in [2.24, 2.45) is 0 Å². The monoisotopic (exact) mass is 442 g/mol. The fourth-order valence-electron chi connectivity index (χ4n) is 4.24. The van der Waals surface area contributed by atoms with Crippen molar-refractivity contribution in [1.29, 1.82) is 0 Å². The van der Waals surface area contributed by atoms with Crippen molar-refractivity contribution in [2.75, 3.05) is 59.5 Å². The highest BCUT2D eigenvalue weighted by Gasteiger charge is 2.41. The minimum Gasteiger partial charge on any atom is -0.491 e. The van der Waals surface area contributed by atoms with Crippen LogP contribution in [0, 0.1) is 5.82 Å². The van der Waals surface area contributed by atoms with Gasteiger partial charge in [0.1, 0.15) is 23.8 Å². The number of carbonyl (C=O) groups is 1. The lowest BCUT2D eigenvalue weighted by Gasteiger charge is -2.43. The zero-order valence-electron chi connectivity index (χ0n) is 18.6. The molecule has 1 aromatic heterocycles. The third-order valence-corrected chi connectivity index (χ3v) is 6.10. The Labute approximate surface area is 188 Å². The summed E-state index contributed by atoms with van der Waals surface area (Å²) in [5.74, 6) is 0.337. The third-order valence-electron chi connectivity index (χ3n) is 6.10. The first-order valence-electron chi connectivity index (χ1n) is 11.1. The Morgan fingerprint density at radius 1 is 1.16 bits per heavy atom. The van der Waals surface area contributed by atoms with Crippen molar-refractivity contribution < 1.29 is 18.7 Å². The number of benzene rings is 1. The smallest absolute Gasteiger partial charge is 0.225 e. The zero-order chi connectivity index (χ0) is 22.4. The molecule has 4 rings (SSSR count). The molecule has 2 aromatic rings. The number of rotatable bonds is 7. The Kier molecular flexibility index (Phi) is 7.34. The molecule has 2 aliphatic heterocycles. The Hall–Kier alpha value is -2.55. The average molecular weight is 443 g/mol. The van der Waals surface area contributed by atoms with Gasteiger partial charge in [-0.25, -0.2) is 4.39 Å². The van der Waals surface area contributed by atoms with Crippen LogP contribution in [0.4, 0.5) is 4.39 Å². The molecule has 2 aliphatic rings. The fourth-order valence-corrected chi connectivity index (χ4v) is 4.24. The Bertz CT molecular complexity index is 875. The Morgan fingerprint density at radius 2 is 1.94 bits per heavy atom. The lowest BCUT2D eigenvalue weighted by Crippen LogP contribution is -2.58. The summed E-state index contributed by atoms with van der Waals surface area (Å²) >= 11 is 0. The SMILES string of the molecule is CN1CCN(C(=O)C[C@@]2(COc3ccc(F)cc3)CN(Cc3cccnc3)CCO2)CC1. The number of nitrogens with zero attached hydrogens (tertiary/aromatic N) is 4. The van der Waals surface area contributed by atoms with E-state index in [1.165, 1.54) is 12.1 Å². The van der Waals surface area contributed by atoms with E-state index in [4.69, 9.17) is 9.47 Å². The molecule has 3 heterocycles. The van der Waals surface area contributed by atoms with Crippen LogP contribution in [0.25, 0.3) is 0 Å². The van der Waals surface area contributed by atoms with E-state index >= 15 is 0 Å². The average Bonchev–Trinajstić information content (AvgIpc) is 2.80. The largest absolute Gasteiger partial charge is 0.491 e. The summed E-state index contributed by atoms with van der Waals surface area (Å²) in [5, 5.41) is 0. The standard InChI is InChI=1S/C24H31FN4O3/c1-27-9-11-29(12-10-27)23(30)15-24(19-31-22-6-4-21(25)5-7-22)18-28(13-14-32-24)17-20-3-2-8-26-16-20/h2-8,16H,9-15,17-19H2,1H3/t24-/m0/s1. The second-order valence-corrected chi connectivity index (χ2v) is 8.71. The number of carbonyl (C=O) groups excluding carboxylic acids is 1. The van der Waals surface area contributed by atoms with E-state index in [9.17, 15) is 9.18 Å². The highest BCUT2D eigenvalue weighted by molar-refractivity contribution is 5.77. The first-order chi connectivity index (χ1) is 15.5. The molecule has 172 valence electrons. The number of amides is 1. The summed E-state index contributed by atoms with van der Waals surface area (Å²) in [6.07, 6.45) is 3.88. The van der Waals surface area contributed by atoms with Gasteiger partial charge in [0.05, 0.1) is 13.0 Å². The van der Waals surface area contributed by atoms with Crippen LogP contribution in [0.2, 0.25) is 0 Å². The maximum atomic E-state index is 13.3. The van der Waals surface area contributed by atoms with Crippen molar-refractivity contribution in [2.45, 2.75) is 18.6 Å². The van der Waals surface area contributed by atoms with Crippen molar-refractivity contribution in [3.05, 3.63) is 60.2 Å². The summed E-state index contributed by atoms with van der Waals surface area (Å²) in [7, 11) is 2.07. The molecule has 0 N–H and O–H groups in total. The number of hydrogen-bond donors (Lipinski definition) is 0. The van der Waals surface area contributed by atoms with Crippen LogP contribution in [0.5, 0.6) is 5.75 Å². The van der Waals surface area contributed by atoms with Gasteiger partial charge in [0.2, 0.25) is 5.91 Å². The molecule has 0 saturated carbocycles. The van der Waals surface area contributed by atoms with Crippen molar-refractivity contribution >= 4 is 5.91 Å². The van der Waals surface area contributed by atoms with Gasteiger partial charge < -0.3 is 19.3 Å². The molecular weight excluding hydrogens is 411 g/mol. The molecule has 0 bridgehead atoms. The Balaban J connectivity index is 1.47. The summed E-state index contributed by atoms with van der Waals surface area (Å²) in [5.41, 5.74) is 0.350. The van der Waals surface area contributed by atoms with Gasteiger partial charge in [-0.15, -0.1) is 0 Å². The first-order valence-corrected chi connectivity index (χ1v) is 11.1. The van der Waals surface area contributed by atoms with Gasteiger partial charge in [-0.05, 0) is 42.9 Å². The van der Waals surface area contributed by atoms with Crippen LogP contribution >= 0.6 is 0 Å². The van der Waals surface area contributed by atoms with E-state index in [0.29, 0.717) is 18.9 Å². The van der Waals surface area contributed by atoms with E-state index in [0.717, 1.165) is 44.8 Å². The van der Waals surface area contributed by atoms with E-state index in [-0.39, 0.29) is 24.8 Å². The predicted octanol–water partition coefficient (Wildman–Crippen LogP) is 2.03. The van der Waals surface area contributed by atoms with E-state index in [2.05, 4.69) is 27.9 Å². The number of likely N-dealkylation sites (N-methyl/N-ethyl adjacent to an activating group) is 1. The number of halogens is 1. The lowest BCUT2D eigenvalue weighted by molar-refractivity contribution is -0.157. The van der Waals surface area contributed by atoms with Crippen LogP contribution in [-0.2, 0) is 16.1 Å². The van der Waals surface area contributed by atoms with Crippen molar-refractivity contribution in [3.8, 4) is 5.75 Å². The quantitative estimate of drug-likeness (QED) is 0.654. The summed E-state index contributed by atoms with van der Waals surface area (Å²) in [6.45, 7) is 6.02. The molecule has 1 atom stereocenters. The molecule has 1 amide bonds. The minimum absolute atomic E-state index is 0.0871. The summed E-state index contributed by atoms with van der Waals surface area (Å²) in [6, 6.07) is 9.91. The molecule has 32 heavy (non-hydrogen) atoms. The maximum Gasteiger partial charge on any atom is 0.225 e. The number of pyridine rings is 1. The van der Waals surface area contributed by atoms with Gasteiger partial charge in [0, 0.05) is 58.2 Å². The highest BCUT2D eigenvalue weighted by atomic mass is 19.1. The van der Waals surface area contributed by atoms with Gasteiger partial charge >= 0.3 is 0 Å². The second kappa shape index (κ2) is 10.4. The van der Waals surface area contributed by atoms with Gasteiger partial charge in [-0.3, -0.25) is 14.7 Å². The molecule has 1 aromatic carbocycles. The van der Waals surface area contributed by atoms with E-state index < -0.39 is 5.60 Å². The normalized spacial score (nSPS) is 22.6. The lowest BCUT2D eigenvalue weighted by atomic mass is 9.96. The topological polar surface area (TPSA) is 58.1 Å². The number of ether oxygens (including phenoxy) is 2. The first kappa shape index (κ1) is 22.6. The van der Waals surface area contributed by atoms with Crippen LogP contribution in [-0.4, -0.2) is 90.7 Å². The molecule has 0 spiro atoms. The van der Waals surface area contributed by atoms with Gasteiger partial charge in [-0.1, -0.05) is 6.07 Å². The maximum absolute atomic E-state index is 13.3. The second-order valence-electron chi connectivity index (χ2n) is 8.71. The third kappa shape index (κ3) is 6.03. The highest BCUT2D eigenvalue weighted by Crippen LogP contribution is 2.26. The van der Waals surface area contributed by atoms with Crippen LogP contribution in [0.1, 0.15) is 12.0 Å². The number of hydrogen-bond acceptors (Lipinski definition) is 6. The van der Waals surface area contributed by atoms with Gasteiger partial charge in [0.25, 0.3) is 0 Å². The molecule has 0 radical (unpaired) electrons. The zero-order valence-corrected chi connectivity index (χ0v) is 18.6. The predicted molar refractivity (Wildman–Crippen MR) is 119 cm³/mol. The molecule has 0 unspecified atom stereocenters. The Morgan fingerprint density at radius 3 is 2.66 bits per heavy atom. The van der Waals surface area contributed by atoms with Crippen LogP contribution < -0.4 is 4.74 Å². The molecule has 2 saturated heterocycles. The van der Waals surface area contributed by atoms with E-state index in [1.54, 1.807) is 18.3 Å². The fraction of sp³-hybridized carbons (Fsp3) is 0.500. The molecular formula is C24H31FN4O3. The number of morpholine rings is 1. The van der Waals surface area contributed by atoms with Crippen LogP contribution in [0.15, 0.2) is 48.8 Å². The molecule has 8 heteroatoms. The molecule has 2 fully saturated rings. The minimum atomic E-state index is -0.769. The summed E-state index contributed by atoms with van der Waals surface area (Å²) in [4.78, 5) is 23.8. The molecule has 7 nitrogen and oxygen atoms in total. The van der Waals surface area contributed by atoms with Crippen LogP contribution in [0.3, 0.4) is 0 Å². The van der Waals surface area contributed by atoms with Crippen molar-refractivity contribution in [1.82, 2.24) is 19.7 Å².